The fourth-order valence-electron chi connectivity index (χ4n) is 1.90. The first-order chi connectivity index (χ1) is 10.1. The first-order valence-corrected chi connectivity index (χ1v) is 7.74. The van der Waals surface area contributed by atoms with Crippen LogP contribution in [0, 0.1) is 0 Å². The summed E-state index contributed by atoms with van der Waals surface area (Å²) in [7, 11) is 0. The van der Waals surface area contributed by atoms with Gasteiger partial charge in [0.2, 0.25) is 0 Å². The SMILES string of the molecule is CC(C)Oc1cc(-n2cc(C(C)(C)C)oc2=O)c(Cl)cc1Cl. The van der Waals surface area contributed by atoms with Gasteiger partial charge in [-0.05, 0) is 19.9 Å². The van der Waals surface area contributed by atoms with Crippen molar-refractivity contribution in [1.82, 2.24) is 4.57 Å². The summed E-state index contributed by atoms with van der Waals surface area (Å²) in [4.78, 5) is 12.1. The van der Waals surface area contributed by atoms with Crippen molar-refractivity contribution in [3.63, 3.8) is 0 Å². The quantitative estimate of drug-likeness (QED) is 0.802. The summed E-state index contributed by atoms with van der Waals surface area (Å²) >= 11 is 12.4. The minimum atomic E-state index is -0.496. The summed E-state index contributed by atoms with van der Waals surface area (Å²) in [5.41, 5.74) is 0.201. The van der Waals surface area contributed by atoms with Crippen LogP contribution in [0.15, 0.2) is 27.5 Å². The van der Waals surface area contributed by atoms with Crippen LogP contribution in [-0.2, 0) is 5.41 Å². The van der Waals surface area contributed by atoms with E-state index in [0.29, 0.717) is 27.2 Å². The predicted octanol–water partition coefficient (Wildman–Crippen LogP) is 4.82. The molecular formula is C16H19Cl2NO3. The Morgan fingerprint density at radius 3 is 2.32 bits per heavy atom. The molecule has 120 valence electrons. The Labute approximate surface area is 139 Å². The third-order valence-corrected chi connectivity index (χ3v) is 3.60. The van der Waals surface area contributed by atoms with E-state index < -0.39 is 5.76 Å². The normalized spacial score (nSPS) is 12.0. The zero-order valence-electron chi connectivity index (χ0n) is 13.2. The Bertz CT molecular complexity index is 739. The van der Waals surface area contributed by atoms with Crippen molar-refractivity contribution in [2.75, 3.05) is 0 Å². The van der Waals surface area contributed by atoms with Crippen molar-refractivity contribution < 1.29 is 9.15 Å². The molecule has 0 aliphatic carbocycles. The molecule has 0 saturated heterocycles. The fourth-order valence-corrected chi connectivity index (χ4v) is 2.42. The molecule has 0 aliphatic rings. The Morgan fingerprint density at radius 2 is 1.82 bits per heavy atom. The van der Waals surface area contributed by atoms with Gasteiger partial charge in [-0.25, -0.2) is 9.36 Å². The lowest BCUT2D eigenvalue weighted by Gasteiger charge is -2.14. The van der Waals surface area contributed by atoms with E-state index in [-0.39, 0.29) is 11.5 Å². The number of benzene rings is 1. The van der Waals surface area contributed by atoms with E-state index >= 15 is 0 Å². The van der Waals surface area contributed by atoms with E-state index in [1.54, 1.807) is 18.3 Å². The van der Waals surface area contributed by atoms with Gasteiger partial charge in [-0.1, -0.05) is 44.0 Å². The van der Waals surface area contributed by atoms with Crippen LogP contribution in [0.3, 0.4) is 0 Å². The van der Waals surface area contributed by atoms with Crippen LogP contribution in [0.25, 0.3) is 5.69 Å². The second-order valence-electron chi connectivity index (χ2n) is 6.38. The van der Waals surface area contributed by atoms with Crippen molar-refractivity contribution in [3.8, 4) is 11.4 Å². The van der Waals surface area contributed by atoms with Crippen molar-refractivity contribution in [2.45, 2.75) is 46.1 Å². The van der Waals surface area contributed by atoms with Gasteiger partial charge >= 0.3 is 5.76 Å². The van der Waals surface area contributed by atoms with Crippen molar-refractivity contribution in [2.24, 2.45) is 0 Å². The van der Waals surface area contributed by atoms with Gasteiger partial charge in [0.05, 0.1) is 28.0 Å². The lowest BCUT2D eigenvalue weighted by atomic mass is 9.94. The number of nitrogens with zero attached hydrogens (tertiary/aromatic N) is 1. The maximum absolute atomic E-state index is 12.1. The molecule has 22 heavy (non-hydrogen) atoms. The molecule has 1 aromatic heterocycles. The van der Waals surface area contributed by atoms with Gasteiger partial charge in [-0.3, -0.25) is 0 Å². The van der Waals surface area contributed by atoms with E-state index in [4.69, 9.17) is 32.4 Å². The average Bonchev–Trinajstić information content (AvgIpc) is 2.74. The van der Waals surface area contributed by atoms with E-state index in [1.807, 2.05) is 34.6 Å². The van der Waals surface area contributed by atoms with Crippen molar-refractivity contribution in [1.29, 1.82) is 0 Å². The highest BCUT2D eigenvalue weighted by Crippen LogP contribution is 2.34. The van der Waals surface area contributed by atoms with Gasteiger partial charge in [0.25, 0.3) is 0 Å². The van der Waals surface area contributed by atoms with Crippen LogP contribution < -0.4 is 10.5 Å². The molecule has 0 bridgehead atoms. The Morgan fingerprint density at radius 1 is 1.18 bits per heavy atom. The molecule has 6 heteroatoms. The molecule has 0 fully saturated rings. The number of halogens is 2. The largest absolute Gasteiger partial charge is 0.489 e. The molecule has 0 unspecified atom stereocenters. The van der Waals surface area contributed by atoms with E-state index in [2.05, 4.69) is 0 Å². The second-order valence-corrected chi connectivity index (χ2v) is 7.20. The lowest BCUT2D eigenvalue weighted by Crippen LogP contribution is -2.12. The van der Waals surface area contributed by atoms with Gasteiger partial charge in [-0.2, -0.15) is 0 Å². The Balaban J connectivity index is 2.58. The summed E-state index contributed by atoms with van der Waals surface area (Å²) in [6.45, 7) is 9.68. The van der Waals surface area contributed by atoms with Crippen molar-refractivity contribution >= 4 is 23.2 Å². The van der Waals surface area contributed by atoms with Crippen LogP contribution in [0.1, 0.15) is 40.4 Å². The molecule has 0 radical (unpaired) electrons. The molecule has 2 aromatic rings. The van der Waals surface area contributed by atoms with Crippen LogP contribution >= 0.6 is 23.2 Å². The Kier molecular flexibility index (Phi) is 4.64. The predicted molar refractivity (Wildman–Crippen MR) is 88.8 cm³/mol. The highest BCUT2D eigenvalue weighted by atomic mass is 35.5. The minimum absolute atomic E-state index is 0.0438. The summed E-state index contributed by atoms with van der Waals surface area (Å²) in [5, 5.41) is 0.750. The maximum atomic E-state index is 12.1. The standard InChI is InChI=1S/C16H19Cl2NO3/c1-9(2)21-13-7-12(10(17)6-11(13)18)19-8-14(16(3,4)5)22-15(19)20/h6-9H,1-5H3. The van der Waals surface area contributed by atoms with Crippen molar-refractivity contribution in [3.05, 3.63) is 44.7 Å². The molecule has 0 N–H and O–H groups in total. The molecule has 0 atom stereocenters. The van der Waals surface area contributed by atoms with E-state index in [1.165, 1.54) is 4.57 Å². The molecule has 0 saturated carbocycles. The first-order valence-electron chi connectivity index (χ1n) is 6.98. The average molecular weight is 344 g/mol. The van der Waals surface area contributed by atoms with E-state index in [0.717, 1.165) is 0 Å². The molecule has 1 aromatic carbocycles. The topological polar surface area (TPSA) is 44.4 Å². The molecule has 0 amide bonds. The van der Waals surface area contributed by atoms with Gasteiger partial charge in [0, 0.05) is 11.5 Å². The molecular weight excluding hydrogens is 325 g/mol. The third-order valence-electron chi connectivity index (χ3n) is 3.00. The second kappa shape index (κ2) is 6.01. The maximum Gasteiger partial charge on any atom is 0.423 e. The first kappa shape index (κ1) is 17.0. The minimum Gasteiger partial charge on any atom is -0.489 e. The van der Waals surface area contributed by atoms with Gasteiger partial charge < -0.3 is 9.15 Å². The Hall–Kier alpha value is -1.39. The summed E-state index contributed by atoms with van der Waals surface area (Å²) in [6.07, 6.45) is 1.61. The van der Waals surface area contributed by atoms with Crippen LogP contribution in [-0.4, -0.2) is 10.7 Å². The number of hydrogen-bond acceptors (Lipinski definition) is 3. The number of ether oxygens (including phenoxy) is 1. The van der Waals surface area contributed by atoms with Gasteiger partial charge in [0.15, 0.2) is 0 Å². The number of rotatable bonds is 3. The smallest absolute Gasteiger partial charge is 0.423 e. The summed E-state index contributed by atoms with van der Waals surface area (Å²) in [6, 6.07) is 3.21. The zero-order chi connectivity index (χ0) is 16.7. The zero-order valence-corrected chi connectivity index (χ0v) is 14.7. The summed E-state index contributed by atoms with van der Waals surface area (Å²) in [5.74, 6) is 0.556. The number of hydrogen-bond donors (Lipinski definition) is 0. The van der Waals surface area contributed by atoms with Crippen LogP contribution in [0.2, 0.25) is 10.0 Å². The molecule has 0 spiro atoms. The number of aromatic nitrogens is 1. The third kappa shape index (κ3) is 3.50. The molecule has 0 aliphatic heterocycles. The summed E-state index contributed by atoms with van der Waals surface area (Å²) < 4.78 is 12.3. The van der Waals surface area contributed by atoms with E-state index in [9.17, 15) is 4.79 Å². The number of oxazole rings is 1. The highest BCUT2D eigenvalue weighted by Gasteiger charge is 2.22. The monoisotopic (exact) mass is 343 g/mol. The van der Waals surface area contributed by atoms with Crippen LogP contribution in [0.5, 0.6) is 5.75 Å². The molecule has 1 heterocycles. The van der Waals surface area contributed by atoms with Gasteiger partial charge in [0.1, 0.15) is 11.5 Å². The molecule has 4 nitrogen and oxygen atoms in total. The molecule has 2 rings (SSSR count). The fraction of sp³-hybridized carbons (Fsp3) is 0.438. The lowest BCUT2D eigenvalue weighted by molar-refractivity contribution is 0.242. The highest BCUT2D eigenvalue weighted by molar-refractivity contribution is 6.36. The van der Waals surface area contributed by atoms with Crippen LogP contribution in [0.4, 0.5) is 0 Å². The van der Waals surface area contributed by atoms with Gasteiger partial charge in [-0.15, -0.1) is 0 Å².